The van der Waals surface area contributed by atoms with Crippen LogP contribution in [0.15, 0.2) is 48.2 Å². The van der Waals surface area contributed by atoms with E-state index in [4.69, 9.17) is 30.5 Å². The summed E-state index contributed by atoms with van der Waals surface area (Å²) in [6.45, 7) is 2.37. The third-order valence-electron chi connectivity index (χ3n) is 5.31. The zero-order valence-electron chi connectivity index (χ0n) is 17.2. The lowest BCUT2D eigenvalue weighted by Gasteiger charge is -2.24. The minimum atomic E-state index is -1.34. The molecule has 1 unspecified atom stereocenters. The molecule has 2 aliphatic heterocycles. The first-order valence-electron chi connectivity index (χ1n) is 9.50. The van der Waals surface area contributed by atoms with E-state index in [1.807, 2.05) is 31.2 Å². The summed E-state index contributed by atoms with van der Waals surface area (Å²) in [4.78, 5) is 15.2. The van der Waals surface area contributed by atoms with Crippen LogP contribution in [0.3, 0.4) is 0 Å². The van der Waals surface area contributed by atoms with E-state index in [1.165, 1.54) is 14.2 Å². The molecule has 0 fully saturated rings. The van der Waals surface area contributed by atoms with Gasteiger partial charge in [0.25, 0.3) is 5.91 Å². The first-order valence-corrected chi connectivity index (χ1v) is 9.88. The molecule has 1 amide bonds. The Morgan fingerprint density at radius 2 is 1.87 bits per heavy atom. The van der Waals surface area contributed by atoms with Crippen LogP contribution in [0, 0.1) is 0 Å². The zero-order valence-corrected chi connectivity index (χ0v) is 17.9. The van der Waals surface area contributed by atoms with Gasteiger partial charge in [-0.25, -0.2) is 0 Å². The third-order valence-corrected chi connectivity index (χ3v) is 5.66. The van der Waals surface area contributed by atoms with Crippen LogP contribution < -0.4 is 19.1 Å². The molecule has 2 aliphatic rings. The number of carbonyl (C=O) groups excluding carboxylic acids is 1. The minimum Gasteiger partial charge on any atom is -0.493 e. The van der Waals surface area contributed by atoms with Gasteiger partial charge >= 0.3 is 0 Å². The normalized spacial score (nSPS) is 20.6. The van der Waals surface area contributed by atoms with Crippen LogP contribution in [0.4, 0.5) is 5.69 Å². The van der Waals surface area contributed by atoms with Gasteiger partial charge in [0.2, 0.25) is 11.4 Å². The monoisotopic (exact) mass is 427 g/mol. The van der Waals surface area contributed by atoms with Gasteiger partial charge in [-0.1, -0.05) is 29.8 Å². The quantitative estimate of drug-likeness (QED) is 0.700. The predicted molar refractivity (Wildman–Crippen MR) is 115 cm³/mol. The first kappa shape index (κ1) is 20.2. The van der Waals surface area contributed by atoms with Crippen LogP contribution in [0.2, 0.25) is 5.02 Å². The van der Waals surface area contributed by atoms with Crippen molar-refractivity contribution in [2.75, 3.05) is 32.8 Å². The first-order chi connectivity index (χ1) is 14.5. The number of anilines is 1. The minimum absolute atomic E-state index is 0.201. The highest BCUT2D eigenvalue weighted by Gasteiger charge is 2.56. The van der Waals surface area contributed by atoms with E-state index in [0.717, 1.165) is 5.56 Å². The molecule has 30 heavy (non-hydrogen) atoms. The summed E-state index contributed by atoms with van der Waals surface area (Å²) in [5.74, 6) is 1.61. The van der Waals surface area contributed by atoms with E-state index in [1.54, 1.807) is 36.3 Å². The number of hydrogen-bond acceptors (Lipinski definition) is 5. The number of benzene rings is 2. The molecule has 6 nitrogen and oxygen atoms in total. The van der Waals surface area contributed by atoms with Crippen LogP contribution in [0.5, 0.6) is 17.2 Å². The molecule has 2 aromatic rings. The fraction of sp³-hybridized carbons (Fsp3) is 0.261. The molecule has 0 bridgehead atoms. The molecule has 1 atom stereocenters. The largest absolute Gasteiger partial charge is 0.493 e. The number of nitrogens with zero attached hydrogens (tertiary/aromatic N) is 1. The molecule has 156 valence electrons. The van der Waals surface area contributed by atoms with E-state index >= 15 is 0 Å². The third kappa shape index (κ3) is 2.82. The van der Waals surface area contributed by atoms with Crippen molar-refractivity contribution in [3.05, 3.63) is 64.4 Å². The molecule has 0 N–H and O–H groups in total. The highest BCUT2D eigenvalue weighted by molar-refractivity contribution is 6.32. The molecule has 0 aliphatic carbocycles. The van der Waals surface area contributed by atoms with Crippen molar-refractivity contribution in [1.29, 1.82) is 0 Å². The summed E-state index contributed by atoms with van der Waals surface area (Å²) in [6, 6.07) is 9.21. The lowest BCUT2D eigenvalue weighted by molar-refractivity contribution is -0.132. The van der Waals surface area contributed by atoms with Gasteiger partial charge in [-0.15, -0.1) is 0 Å². The Labute approximate surface area is 180 Å². The Balaban J connectivity index is 1.89. The van der Waals surface area contributed by atoms with Crippen LogP contribution in [0.25, 0.3) is 6.08 Å². The Morgan fingerprint density at radius 3 is 2.50 bits per heavy atom. The highest BCUT2D eigenvalue weighted by atomic mass is 35.5. The molecule has 4 rings (SSSR count). The van der Waals surface area contributed by atoms with Gasteiger partial charge in [0.15, 0.2) is 11.5 Å². The van der Waals surface area contributed by atoms with Crippen LogP contribution in [0.1, 0.15) is 18.1 Å². The van der Waals surface area contributed by atoms with Gasteiger partial charge in [-0.2, -0.15) is 0 Å². The fourth-order valence-corrected chi connectivity index (χ4v) is 4.16. The van der Waals surface area contributed by atoms with E-state index in [9.17, 15) is 4.79 Å². The smallest absolute Gasteiger partial charge is 0.280 e. The SMILES string of the molecule is CCN1C(=O)C2(C=C/C(=C\c3ccccc3Cl)O2)c2c1cc(OC)c(OC)c2OC. The number of rotatable bonds is 5. The predicted octanol–water partition coefficient (Wildman–Crippen LogP) is 4.56. The second kappa shape index (κ2) is 7.61. The van der Waals surface area contributed by atoms with Crippen molar-refractivity contribution in [3.63, 3.8) is 0 Å². The van der Waals surface area contributed by atoms with Gasteiger partial charge in [0.05, 0.1) is 32.6 Å². The highest BCUT2D eigenvalue weighted by Crippen LogP contribution is 2.57. The fourth-order valence-electron chi connectivity index (χ4n) is 3.97. The summed E-state index contributed by atoms with van der Waals surface area (Å²) < 4.78 is 23.0. The number of carbonyl (C=O) groups is 1. The molecular weight excluding hydrogens is 406 g/mol. The maximum atomic E-state index is 13.5. The number of methoxy groups -OCH3 is 3. The average Bonchev–Trinajstić information content (AvgIpc) is 3.28. The molecule has 1 spiro atoms. The number of fused-ring (bicyclic) bond motifs is 2. The van der Waals surface area contributed by atoms with Crippen LogP contribution >= 0.6 is 11.6 Å². The standard InChI is InChI=1S/C23H22ClNO5/c1-5-25-17-13-18(27-2)20(28-3)21(29-4)19(17)23(22(25)26)11-10-15(30-23)12-14-8-6-7-9-16(14)24/h6-13H,5H2,1-4H3/b15-12+. The van der Waals surface area contributed by atoms with E-state index in [0.29, 0.717) is 45.8 Å². The molecule has 2 aromatic carbocycles. The van der Waals surface area contributed by atoms with Gasteiger partial charge in [0.1, 0.15) is 5.76 Å². The molecular formula is C23H22ClNO5. The molecule has 0 saturated heterocycles. The Hall–Kier alpha value is -3.12. The van der Waals surface area contributed by atoms with Gasteiger partial charge in [0, 0.05) is 17.6 Å². The van der Waals surface area contributed by atoms with Crippen LogP contribution in [-0.2, 0) is 15.1 Å². The number of hydrogen-bond donors (Lipinski definition) is 0. The summed E-state index contributed by atoms with van der Waals surface area (Å²) >= 11 is 6.28. The molecule has 0 radical (unpaired) electrons. The van der Waals surface area contributed by atoms with Crippen molar-refractivity contribution in [1.82, 2.24) is 0 Å². The summed E-state index contributed by atoms with van der Waals surface area (Å²) in [5, 5.41) is 0.597. The second-order valence-electron chi connectivity index (χ2n) is 6.83. The lowest BCUT2D eigenvalue weighted by Crippen LogP contribution is -2.39. The Morgan fingerprint density at radius 1 is 1.13 bits per heavy atom. The second-order valence-corrected chi connectivity index (χ2v) is 7.24. The van der Waals surface area contributed by atoms with Crippen molar-refractivity contribution in [2.45, 2.75) is 12.5 Å². The van der Waals surface area contributed by atoms with E-state index in [-0.39, 0.29) is 5.91 Å². The Bertz CT molecular complexity index is 1080. The number of halogens is 1. The number of allylic oxidation sites excluding steroid dienone is 1. The molecule has 2 heterocycles. The van der Waals surface area contributed by atoms with Gasteiger partial charge in [-0.05, 0) is 36.8 Å². The van der Waals surface area contributed by atoms with E-state index < -0.39 is 5.60 Å². The van der Waals surface area contributed by atoms with E-state index in [2.05, 4.69) is 0 Å². The van der Waals surface area contributed by atoms with Crippen molar-refractivity contribution < 1.29 is 23.7 Å². The van der Waals surface area contributed by atoms with Crippen LogP contribution in [-0.4, -0.2) is 33.8 Å². The summed E-state index contributed by atoms with van der Waals surface area (Å²) in [6.07, 6.45) is 5.34. The van der Waals surface area contributed by atoms with Crippen molar-refractivity contribution >= 4 is 29.3 Å². The van der Waals surface area contributed by atoms with Crippen molar-refractivity contribution in [3.8, 4) is 17.2 Å². The van der Waals surface area contributed by atoms with Crippen molar-refractivity contribution in [2.24, 2.45) is 0 Å². The average molecular weight is 428 g/mol. The maximum absolute atomic E-state index is 13.5. The summed E-state index contributed by atoms with van der Waals surface area (Å²) in [5.41, 5.74) is 0.714. The number of likely N-dealkylation sites (N-methyl/N-ethyl adjacent to an activating group) is 1. The number of amides is 1. The molecule has 0 aromatic heterocycles. The molecule has 7 heteroatoms. The zero-order chi connectivity index (χ0) is 21.5. The summed E-state index contributed by atoms with van der Waals surface area (Å²) in [7, 11) is 4.61. The lowest BCUT2D eigenvalue weighted by atomic mass is 9.94. The molecule has 0 saturated carbocycles. The van der Waals surface area contributed by atoms with Gasteiger partial charge < -0.3 is 23.8 Å². The van der Waals surface area contributed by atoms with Gasteiger partial charge in [-0.3, -0.25) is 4.79 Å². The maximum Gasteiger partial charge on any atom is 0.280 e. The number of ether oxygens (including phenoxy) is 4. The topological polar surface area (TPSA) is 57.2 Å². The Kier molecular flexibility index (Phi) is 5.12.